The number of nitrogens with one attached hydrogen (secondary N) is 1. The molecule has 1 atom stereocenters. The summed E-state index contributed by atoms with van der Waals surface area (Å²) in [5.41, 5.74) is 0. The molecule has 1 heterocycles. The number of unbranched alkanes of at least 4 members (excludes halogenated alkanes) is 2. The van der Waals surface area contributed by atoms with Crippen LogP contribution in [-0.2, 0) is 9.47 Å². The fraction of sp³-hybridized carbons (Fsp3) is 1.00. The third kappa shape index (κ3) is 7.20. The molecule has 0 saturated carbocycles. The van der Waals surface area contributed by atoms with Gasteiger partial charge < -0.3 is 14.8 Å². The molecule has 0 radical (unpaired) electrons. The van der Waals surface area contributed by atoms with Gasteiger partial charge in [-0.1, -0.05) is 13.8 Å². The Balaban J connectivity index is 1.74. The largest absolute Gasteiger partial charge is 0.379 e. The molecule has 3 nitrogen and oxygen atoms in total. The first-order valence-corrected chi connectivity index (χ1v) is 6.69. The SMILES string of the molecule is CC(C)CNCCCCCOC1CCOC1. The zero-order valence-corrected chi connectivity index (χ0v) is 10.8. The van der Waals surface area contributed by atoms with Crippen molar-refractivity contribution in [2.24, 2.45) is 5.92 Å². The summed E-state index contributed by atoms with van der Waals surface area (Å²) >= 11 is 0. The van der Waals surface area contributed by atoms with E-state index in [4.69, 9.17) is 9.47 Å². The maximum Gasteiger partial charge on any atom is 0.0830 e. The summed E-state index contributed by atoms with van der Waals surface area (Å²) in [6.07, 6.45) is 5.16. The van der Waals surface area contributed by atoms with Gasteiger partial charge in [0.1, 0.15) is 0 Å². The van der Waals surface area contributed by atoms with Crippen LogP contribution in [0.3, 0.4) is 0 Å². The topological polar surface area (TPSA) is 30.5 Å². The van der Waals surface area contributed by atoms with Crippen molar-refractivity contribution in [3.63, 3.8) is 0 Å². The van der Waals surface area contributed by atoms with Crippen molar-refractivity contribution in [1.82, 2.24) is 5.32 Å². The lowest BCUT2D eigenvalue weighted by atomic mass is 10.2. The highest BCUT2D eigenvalue weighted by molar-refractivity contribution is 4.62. The first-order valence-electron chi connectivity index (χ1n) is 6.69. The Bertz CT molecular complexity index is 156. The second-order valence-corrected chi connectivity index (χ2v) is 5.02. The Labute approximate surface area is 99.9 Å². The van der Waals surface area contributed by atoms with E-state index in [0.29, 0.717) is 6.10 Å². The van der Waals surface area contributed by atoms with Crippen molar-refractivity contribution in [1.29, 1.82) is 0 Å². The minimum absolute atomic E-state index is 0.374. The van der Waals surface area contributed by atoms with Crippen molar-refractivity contribution in [2.75, 3.05) is 32.9 Å². The summed E-state index contributed by atoms with van der Waals surface area (Å²) in [6, 6.07) is 0. The smallest absolute Gasteiger partial charge is 0.0830 e. The van der Waals surface area contributed by atoms with E-state index in [1.165, 1.54) is 19.3 Å². The Kier molecular flexibility index (Phi) is 7.81. The summed E-state index contributed by atoms with van der Waals surface area (Å²) < 4.78 is 11.0. The van der Waals surface area contributed by atoms with Crippen LogP contribution in [0, 0.1) is 5.92 Å². The maximum absolute atomic E-state index is 5.70. The van der Waals surface area contributed by atoms with Crippen molar-refractivity contribution in [3.05, 3.63) is 0 Å². The van der Waals surface area contributed by atoms with E-state index in [2.05, 4.69) is 19.2 Å². The van der Waals surface area contributed by atoms with Crippen molar-refractivity contribution in [2.45, 2.75) is 45.6 Å². The van der Waals surface area contributed by atoms with E-state index in [1.807, 2.05) is 0 Å². The van der Waals surface area contributed by atoms with Crippen LogP contribution < -0.4 is 5.32 Å². The molecule has 1 unspecified atom stereocenters. The van der Waals surface area contributed by atoms with E-state index in [-0.39, 0.29) is 0 Å². The molecule has 3 heteroatoms. The maximum atomic E-state index is 5.70. The van der Waals surface area contributed by atoms with E-state index in [1.54, 1.807) is 0 Å². The molecule has 1 fully saturated rings. The molecule has 0 aromatic rings. The summed E-state index contributed by atoms with van der Waals surface area (Å²) in [6.45, 7) is 9.34. The number of hydrogen-bond acceptors (Lipinski definition) is 3. The predicted octanol–water partition coefficient (Wildman–Crippen LogP) is 2.21. The molecule has 0 spiro atoms. The van der Waals surface area contributed by atoms with Crippen LogP contribution in [0.4, 0.5) is 0 Å². The lowest BCUT2D eigenvalue weighted by molar-refractivity contribution is 0.0406. The average Bonchev–Trinajstić information content (AvgIpc) is 2.74. The molecule has 0 bridgehead atoms. The Morgan fingerprint density at radius 3 is 2.88 bits per heavy atom. The van der Waals surface area contributed by atoms with Crippen LogP contribution >= 0.6 is 0 Å². The average molecular weight is 229 g/mol. The summed E-state index contributed by atoms with van der Waals surface area (Å²) in [5.74, 6) is 0.755. The lowest BCUT2D eigenvalue weighted by Gasteiger charge is -2.10. The van der Waals surface area contributed by atoms with Crippen LogP contribution in [0.15, 0.2) is 0 Å². The van der Waals surface area contributed by atoms with Crippen LogP contribution in [-0.4, -0.2) is 39.0 Å². The van der Waals surface area contributed by atoms with E-state index in [9.17, 15) is 0 Å². The van der Waals surface area contributed by atoms with E-state index >= 15 is 0 Å². The zero-order valence-electron chi connectivity index (χ0n) is 10.8. The standard InChI is InChI=1S/C13H27NO2/c1-12(2)10-14-7-4-3-5-8-16-13-6-9-15-11-13/h12-14H,3-11H2,1-2H3. The molecule has 16 heavy (non-hydrogen) atoms. The van der Waals surface area contributed by atoms with Gasteiger partial charge in [0, 0.05) is 13.2 Å². The van der Waals surface area contributed by atoms with E-state index < -0.39 is 0 Å². The monoisotopic (exact) mass is 229 g/mol. The quantitative estimate of drug-likeness (QED) is 0.615. The lowest BCUT2D eigenvalue weighted by Crippen LogP contribution is -2.20. The van der Waals surface area contributed by atoms with Crippen molar-refractivity contribution >= 4 is 0 Å². The molecule has 0 aromatic heterocycles. The Hall–Kier alpha value is -0.120. The number of hydrogen-bond donors (Lipinski definition) is 1. The summed E-state index contributed by atoms with van der Waals surface area (Å²) in [5, 5.41) is 3.46. The molecule has 96 valence electrons. The zero-order chi connectivity index (χ0) is 11.6. The molecular weight excluding hydrogens is 202 g/mol. The molecule has 1 saturated heterocycles. The van der Waals surface area contributed by atoms with Crippen LogP contribution in [0.1, 0.15) is 39.5 Å². The first-order chi connectivity index (χ1) is 7.79. The third-order valence-electron chi connectivity index (χ3n) is 2.79. The molecule has 1 aliphatic heterocycles. The number of rotatable bonds is 9. The van der Waals surface area contributed by atoms with Crippen LogP contribution in [0.2, 0.25) is 0 Å². The third-order valence-corrected chi connectivity index (χ3v) is 2.79. The van der Waals surface area contributed by atoms with Crippen LogP contribution in [0.25, 0.3) is 0 Å². The molecule has 0 aromatic carbocycles. The number of ether oxygens (including phenoxy) is 2. The predicted molar refractivity (Wildman–Crippen MR) is 66.7 cm³/mol. The van der Waals surface area contributed by atoms with Crippen LogP contribution in [0.5, 0.6) is 0 Å². The molecule has 0 aliphatic carbocycles. The second kappa shape index (κ2) is 8.97. The normalized spacial score (nSPS) is 20.8. The van der Waals surface area contributed by atoms with Crippen molar-refractivity contribution < 1.29 is 9.47 Å². The minimum Gasteiger partial charge on any atom is -0.379 e. The molecule has 1 rings (SSSR count). The molecule has 0 amide bonds. The van der Waals surface area contributed by atoms with Crippen molar-refractivity contribution in [3.8, 4) is 0 Å². The van der Waals surface area contributed by atoms with Gasteiger partial charge in [-0.05, 0) is 44.7 Å². The Morgan fingerprint density at radius 2 is 2.19 bits per heavy atom. The second-order valence-electron chi connectivity index (χ2n) is 5.02. The van der Waals surface area contributed by atoms with Gasteiger partial charge in [0.25, 0.3) is 0 Å². The first kappa shape index (κ1) is 13.9. The summed E-state index contributed by atoms with van der Waals surface area (Å²) in [4.78, 5) is 0. The highest BCUT2D eigenvalue weighted by atomic mass is 16.5. The summed E-state index contributed by atoms with van der Waals surface area (Å²) in [7, 11) is 0. The van der Waals surface area contributed by atoms with Gasteiger partial charge in [-0.25, -0.2) is 0 Å². The highest BCUT2D eigenvalue weighted by Crippen LogP contribution is 2.08. The Morgan fingerprint density at radius 1 is 1.31 bits per heavy atom. The molecular formula is C13H27NO2. The minimum atomic E-state index is 0.374. The van der Waals surface area contributed by atoms with Gasteiger partial charge in [-0.15, -0.1) is 0 Å². The fourth-order valence-electron chi connectivity index (χ4n) is 1.81. The van der Waals surface area contributed by atoms with Gasteiger partial charge in [0.2, 0.25) is 0 Å². The molecule has 1 N–H and O–H groups in total. The fourth-order valence-corrected chi connectivity index (χ4v) is 1.81. The van der Waals surface area contributed by atoms with Gasteiger partial charge >= 0.3 is 0 Å². The van der Waals surface area contributed by atoms with E-state index in [0.717, 1.165) is 45.2 Å². The highest BCUT2D eigenvalue weighted by Gasteiger charge is 2.14. The van der Waals surface area contributed by atoms with Gasteiger partial charge in [-0.3, -0.25) is 0 Å². The van der Waals surface area contributed by atoms with Gasteiger partial charge in [0.05, 0.1) is 12.7 Å². The van der Waals surface area contributed by atoms with Gasteiger partial charge in [0.15, 0.2) is 0 Å². The van der Waals surface area contributed by atoms with Gasteiger partial charge in [-0.2, -0.15) is 0 Å². The molecule has 1 aliphatic rings.